The summed E-state index contributed by atoms with van der Waals surface area (Å²) in [5, 5.41) is 6.32. The van der Waals surface area contributed by atoms with Gasteiger partial charge in [0, 0.05) is 50.7 Å². The van der Waals surface area contributed by atoms with Gasteiger partial charge in [-0.1, -0.05) is 0 Å². The zero-order valence-corrected chi connectivity index (χ0v) is 16.2. The van der Waals surface area contributed by atoms with E-state index in [1.54, 1.807) is 7.05 Å². The molecular formula is C19H31N5O2. The van der Waals surface area contributed by atoms with Gasteiger partial charge in [-0.3, -0.25) is 4.79 Å². The molecule has 0 aromatic carbocycles. The number of rotatable bonds is 6. The van der Waals surface area contributed by atoms with Crippen molar-refractivity contribution in [2.24, 2.45) is 5.92 Å². The first-order chi connectivity index (χ1) is 12.6. The van der Waals surface area contributed by atoms with Crippen LogP contribution < -0.4 is 15.5 Å². The van der Waals surface area contributed by atoms with Crippen molar-refractivity contribution in [3.05, 3.63) is 17.1 Å². The molecule has 0 spiro atoms. The van der Waals surface area contributed by atoms with Crippen molar-refractivity contribution in [3.8, 4) is 0 Å². The van der Waals surface area contributed by atoms with Crippen molar-refractivity contribution in [1.29, 1.82) is 0 Å². The molecule has 1 aromatic rings. The minimum atomic E-state index is -0.236. The molecule has 0 aliphatic carbocycles. The molecule has 1 aromatic heterocycles. The van der Waals surface area contributed by atoms with Gasteiger partial charge in [0.05, 0.1) is 0 Å². The Kier molecular flexibility index (Phi) is 6.43. The van der Waals surface area contributed by atoms with E-state index in [-0.39, 0.29) is 11.7 Å². The summed E-state index contributed by atoms with van der Waals surface area (Å²) in [5.74, 6) is 1.71. The Morgan fingerprint density at radius 1 is 1.23 bits per heavy atom. The molecule has 144 valence electrons. The van der Waals surface area contributed by atoms with Crippen LogP contribution in [0.2, 0.25) is 0 Å². The van der Waals surface area contributed by atoms with Gasteiger partial charge in [-0.25, -0.2) is 9.97 Å². The Morgan fingerprint density at radius 2 is 2.00 bits per heavy atom. The van der Waals surface area contributed by atoms with Gasteiger partial charge in [0.15, 0.2) is 0 Å². The Bertz CT molecular complexity index is 631. The molecule has 2 fully saturated rings. The normalized spacial score (nSPS) is 21.2. The molecule has 2 aliphatic rings. The van der Waals surface area contributed by atoms with E-state index in [4.69, 9.17) is 4.74 Å². The molecule has 0 radical (unpaired) electrons. The summed E-state index contributed by atoms with van der Waals surface area (Å²) in [6.45, 7) is 8.76. The van der Waals surface area contributed by atoms with E-state index in [1.807, 2.05) is 13.8 Å². The first kappa shape index (κ1) is 19.0. The number of carbonyl (C=O) groups is 1. The molecule has 2 aliphatic heterocycles. The second-order valence-electron chi connectivity index (χ2n) is 7.39. The number of aryl methyl sites for hydroxylation is 1. The molecule has 0 unspecified atom stereocenters. The summed E-state index contributed by atoms with van der Waals surface area (Å²) in [6, 6.07) is 0.480. The summed E-state index contributed by atoms with van der Waals surface area (Å²) >= 11 is 0. The maximum absolute atomic E-state index is 11.9. The van der Waals surface area contributed by atoms with Crippen molar-refractivity contribution in [2.75, 3.05) is 44.8 Å². The van der Waals surface area contributed by atoms with Crippen molar-refractivity contribution in [2.45, 2.75) is 45.6 Å². The molecule has 7 nitrogen and oxygen atoms in total. The average Bonchev–Trinajstić information content (AvgIpc) is 3.12. The standard InChI is InChI=1S/C19H31N5O2/c1-13-14(2)22-17(19(25)20-3)23-18(13)24-9-5-16(12-24)21-8-4-15-6-10-26-11-7-15/h15-16,21H,4-12H2,1-3H3,(H,20,25)/t16-/m1/s1. The topological polar surface area (TPSA) is 79.4 Å². The SMILES string of the molecule is CNC(=O)c1nc(C)c(C)c(N2CC[C@@H](NCCC3CCOCC3)C2)n1. The Labute approximate surface area is 155 Å². The molecule has 3 heterocycles. The second kappa shape index (κ2) is 8.77. The molecule has 3 rings (SSSR count). The number of hydrogen-bond acceptors (Lipinski definition) is 6. The van der Waals surface area contributed by atoms with E-state index < -0.39 is 0 Å². The highest BCUT2D eigenvalue weighted by Gasteiger charge is 2.26. The fourth-order valence-corrected chi connectivity index (χ4v) is 3.78. The van der Waals surface area contributed by atoms with Crippen LogP contribution in [0.25, 0.3) is 0 Å². The van der Waals surface area contributed by atoms with Gasteiger partial charge in [0.2, 0.25) is 5.82 Å². The lowest BCUT2D eigenvalue weighted by Gasteiger charge is -2.23. The highest BCUT2D eigenvalue weighted by molar-refractivity contribution is 5.90. The van der Waals surface area contributed by atoms with Crippen LogP contribution in [-0.2, 0) is 4.74 Å². The highest BCUT2D eigenvalue weighted by atomic mass is 16.5. The van der Waals surface area contributed by atoms with Gasteiger partial charge >= 0.3 is 0 Å². The molecule has 7 heteroatoms. The maximum atomic E-state index is 11.9. The predicted molar refractivity (Wildman–Crippen MR) is 102 cm³/mol. The predicted octanol–water partition coefficient (Wildman–Crippen LogP) is 1.44. The molecule has 2 N–H and O–H groups in total. The van der Waals surface area contributed by atoms with Crippen molar-refractivity contribution in [3.63, 3.8) is 0 Å². The molecule has 1 amide bonds. The molecule has 0 saturated carbocycles. The van der Waals surface area contributed by atoms with E-state index in [0.717, 1.165) is 62.3 Å². The molecule has 1 atom stereocenters. The van der Waals surface area contributed by atoms with E-state index in [9.17, 15) is 4.79 Å². The third-order valence-corrected chi connectivity index (χ3v) is 5.61. The van der Waals surface area contributed by atoms with E-state index in [2.05, 4.69) is 25.5 Å². The van der Waals surface area contributed by atoms with E-state index >= 15 is 0 Å². The van der Waals surface area contributed by atoms with Gasteiger partial charge in [0.1, 0.15) is 5.82 Å². The smallest absolute Gasteiger partial charge is 0.288 e. The Balaban J connectivity index is 1.56. The van der Waals surface area contributed by atoms with Crippen LogP contribution >= 0.6 is 0 Å². The molecule has 2 saturated heterocycles. The summed E-state index contributed by atoms with van der Waals surface area (Å²) in [7, 11) is 1.61. The molecule has 26 heavy (non-hydrogen) atoms. The van der Waals surface area contributed by atoms with Crippen LogP contribution in [0, 0.1) is 19.8 Å². The quantitative estimate of drug-likeness (QED) is 0.798. The van der Waals surface area contributed by atoms with Gasteiger partial charge < -0.3 is 20.3 Å². The largest absolute Gasteiger partial charge is 0.381 e. The van der Waals surface area contributed by atoms with Gasteiger partial charge in [-0.2, -0.15) is 0 Å². The first-order valence-corrected chi connectivity index (χ1v) is 9.72. The lowest BCUT2D eigenvalue weighted by atomic mass is 9.96. The van der Waals surface area contributed by atoms with Crippen molar-refractivity contribution < 1.29 is 9.53 Å². The van der Waals surface area contributed by atoms with E-state index in [1.165, 1.54) is 19.3 Å². The lowest BCUT2D eigenvalue weighted by Crippen LogP contribution is -2.35. The number of amides is 1. The second-order valence-corrected chi connectivity index (χ2v) is 7.39. The van der Waals surface area contributed by atoms with Crippen LogP contribution in [0.1, 0.15) is 47.6 Å². The monoisotopic (exact) mass is 361 g/mol. The summed E-state index contributed by atoms with van der Waals surface area (Å²) < 4.78 is 5.43. The maximum Gasteiger partial charge on any atom is 0.288 e. The molecular weight excluding hydrogens is 330 g/mol. The summed E-state index contributed by atoms with van der Waals surface area (Å²) in [6.07, 6.45) is 4.72. The third kappa shape index (κ3) is 4.51. The average molecular weight is 361 g/mol. The van der Waals surface area contributed by atoms with Crippen molar-refractivity contribution >= 4 is 11.7 Å². The van der Waals surface area contributed by atoms with Gasteiger partial charge in [0.25, 0.3) is 5.91 Å². The molecule has 0 bridgehead atoms. The van der Waals surface area contributed by atoms with Crippen LogP contribution in [0.3, 0.4) is 0 Å². The minimum absolute atomic E-state index is 0.236. The van der Waals surface area contributed by atoms with Crippen LogP contribution in [0.15, 0.2) is 0 Å². The number of ether oxygens (including phenoxy) is 1. The van der Waals surface area contributed by atoms with Gasteiger partial charge in [-0.15, -0.1) is 0 Å². The Hall–Kier alpha value is -1.73. The van der Waals surface area contributed by atoms with Crippen LogP contribution in [-0.4, -0.2) is 61.8 Å². The fourth-order valence-electron chi connectivity index (χ4n) is 3.78. The van der Waals surface area contributed by atoms with Crippen molar-refractivity contribution in [1.82, 2.24) is 20.6 Å². The van der Waals surface area contributed by atoms with Gasteiger partial charge in [-0.05, 0) is 52.0 Å². The lowest BCUT2D eigenvalue weighted by molar-refractivity contribution is 0.0638. The third-order valence-electron chi connectivity index (χ3n) is 5.61. The minimum Gasteiger partial charge on any atom is -0.381 e. The fraction of sp³-hybridized carbons (Fsp3) is 0.737. The summed E-state index contributed by atoms with van der Waals surface area (Å²) in [4.78, 5) is 23.1. The number of nitrogens with zero attached hydrogens (tertiary/aromatic N) is 3. The van der Waals surface area contributed by atoms with E-state index in [0.29, 0.717) is 6.04 Å². The Morgan fingerprint density at radius 3 is 2.73 bits per heavy atom. The number of carbonyl (C=O) groups excluding carboxylic acids is 1. The number of nitrogens with one attached hydrogen (secondary N) is 2. The van der Waals surface area contributed by atoms with Crippen LogP contribution in [0.4, 0.5) is 5.82 Å². The zero-order valence-electron chi connectivity index (χ0n) is 16.2. The number of aromatic nitrogens is 2. The zero-order chi connectivity index (χ0) is 18.5. The highest BCUT2D eigenvalue weighted by Crippen LogP contribution is 2.24. The number of hydrogen-bond donors (Lipinski definition) is 2. The first-order valence-electron chi connectivity index (χ1n) is 9.72. The van der Waals surface area contributed by atoms with Crippen LogP contribution in [0.5, 0.6) is 0 Å². The summed E-state index contributed by atoms with van der Waals surface area (Å²) in [5.41, 5.74) is 1.92. The number of anilines is 1.